The lowest BCUT2D eigenvalue weighted by Gasteiger charge is -2.36. The highest BCUT2D eigenvalue weighted by atomic mass is 35.5. The second kappa shape index (κ2) is 8.13. The van der Waals surface area contributed by atoms with Gasteiger partial charge in [0, 0.05) is 24.5 Å². The fraction of sp³-hybridized carbons (Fsp3) is 0.333. The van der Waals surface area contributed by atoms with Gasteiger partial charge in [-0.25, -0.2) is 0 Å². The van der Waals surface area contributed by atoms with E-state index in [1.165, 1.54) is 16.8 Å². The molecule has 2 aromatic rings. The zero-order chi connectivity index (χ0) is 16.8. The highest BCUT2D eigenvalue weighted by Crippen LogP contribution is 2.34. The number of anilines is 1. The first-order chi connectivity index (χ1) is 11.8. The number of methoxy groups -OCH3 is 1. The van der Waals surface area contributed by atoms with E-state index in [4.69, 9.17) is 16.3 Å². The molecule has 0 aromatic heterocycles. The maximum absolute atomic E-state index is 5.77. The van der Waals surface area contributed by atoms with Gasteiger partial charge in [0.2, 0.25) is 0 Å². The largest absolute Gasteiger partial charge is 0.497 e. The lowest BCUT2D eigenvalue weighted by molar-refractivity contribution is 0.415. The fourth-order valence-electron chi connectivity index (χ4n) is 3.10. The minimum Gasteiger partial charge on any atom is -0.497 e. The third-order valence-electron chi connectivity index (χ3n) is 4.36. The first-order valence-corrected chi connectivity index (χ1v) is 8.90. The van der Waals surface area contributed by atoms with E-state index in [0.29, 0.717) is 5.88 Å². The van der Waals surface area contributed by atoms with Gasteiger partial charge < -0.3 is 9.64 Å². The normalized spacial score (nSPS) is 16.1. The molecular formula is C21H22ClNO. The summed E-state index contributed by atoms with van der Waals surface area (Å²) >= 11 is 5.77. The molecule has 124 valence electrons. The molecule has 0 aliphatic carbocycles. The third-order valence-corrected chi connectivity index (χ3v) is 4.63. The number of unbranched alkanes of at least 4 members (excludes halogenated alkanes) is 1. The molecule has 0 spiro atoms. The van der Waals surface area contributed by atoms with Gasteiger partial charge >= 0.3 is 0 Å². The topological polar surface area (TPSA) is 12.5 Å². The van der Waals surface area contributed by atoms with E-state index in [0.717, 1.165) is 31.6 Å². The van der Waals surface area contributed by atoms with E-state index in [9.17, 15) is 0 Å². The molecule has 2 nitrogen and oxygen atoms in total. The number of fused-ring (bicyclic) bond motifs is 1. The quantitative estimate of drug-likeness (QED) is 0.450. The SMILES string of the molecule is COc1ccc(N2CCc3ccccc3C2C#CCCCCl)cc1. The van der Waals surface area contributed by atoms with E-state index in [1.54, 1.807) is 7.11 Å². The monoisotopic (exact) mass is 339 g/mol. The summed E-state index contributed by atoms with van der Waals surface area (Å²) in [7, 11) is 1.69. The summed E-state index contributed by atoms with van der Waals surface area (Å²) in [5.41, 5.74) is 3.90. The first kappa shape index (κ1) is 16.7. The molecule has 1 heterocycles. The Hall–Kier alpha value is -2.11. The Labute approximate surface area is 149 Å². The molecule has 2 aromatic carbocycles. The molecule has 0 N–H and O–H groups in total. The van der Waals surface area contributed by atoms with Gasteiger partial charge in [0.15, 0.2) is 0 Å². The van der Waals surface area contributed by atoms with Crippen LogP contribution in [0, 0.1) is 11.8 Å². The molecule has 0 bridgehead atoms. The van der Waals surface area contributed by atoms with Crippen molar-refractivity contribution >= 4 is 17.3 Å². The second-order valence-corrected chi connectivity index (χ2v) is 6.23. The summed E-state index contributed by atoms with van der Waals surface area (Å²) in [5.74, 6) is 8.33. The van der Waals surface area contributed by atoms with Crippen molar-refractivity contribution in [2.24, 2.45) is 0 Å². The summed E-state index contributed by atoms with van der Waals surface area (Å²) in [6, 6.07) is 17.0. The van der Waals surface area contributed by atoms with Gasteiger partial charge in [0.1, 0.15) is 11.8 Å². The van der Waals surface area contributed by atoms with Crippen molar-refractivity contribution in [3.05, 3.63) is 59.7 Å². The number of halogens is 1. The Morgan fingerprint density at radius 1 is 1.17 bits per heavy atom. The molecule has 1 unspecified atom stereocenters. The van der Waals surface area contributed by atoms with E-state index in [2.05, 4.69) is 53.1 Å². The van der Waals surface area contributed by atoms with Gasteiger partial charge in [-0.15, -0.1) is 17.5 Å². The average molecular weight is 340 g/mol. The predicted octanol–water partition coefficient (Wildman–Crippen LogP) is 4.82. The standard InChI is InChI=1S/C21H22ClNO/c1-24-19-12-10-18(11-13-19)23-16-14-17-7-4-5-8-20(17)21(23)9-3-2-6-15-22/h4-5,7-8,10-13,21H,2,6,14-16H2,1H3. The summed E-state index contributed by atoms with van der Waals surface area (Å²) < 4.78 is 5.27. The van der Waals surface area contributed by atoms with Crippen molar-refractivity contribution in [2.75, 3.05) is 24.4 Å². The fourth-order valence-corrected chi connectivity index (χ4v) is 3.23. The molecule has 0 saturated heterocycles. The van der Waals surface area contributed by atoms with Crippen LogP contribution in [-0.2, 0) is 6.42 Å². The van der Waals surface area contributed by atoms with Gasteiger partial charge in [-0.1, -0.05) is 30.2 Å². The van der Waals surface area contributed by atoms with Crippen LogP contribution >= 0.6 is 11.6 Å². The highest BCUT2D eigenvalue weighted by molar-refractivity contribution is 6.17. The van der Waals surface area contributed by atoms with Crippen LogP contribution in [0.5, 0.6) is 5.75 Å². The predicted molar refractivity (Wildman–Crippen MR) is 101 cm³/mol. The van der Waals surface area contributed by atoms with Crippen LogP contribution in [0.2, 0.25) is 0 Å². The van der Waals surface area contributed by atoms with Crippen LogP contribution in [-0.4, -0.2) is 19.5 Å². The number of alkyl halides is 1. The molecule has 1 aliphatic heterocycles. The average Bonchev–Trinajstić information content (AvgIpc) is 2.65. The molecular weight excluding hydrogens is 318 g/mol. The van der Waals surface area contributed by atoms with Crippen LogP contribution in [0.3, 0.4) is 0 Å². The Bertz CT molecular complexity index is 729. The number of hydrogen-bond acceptors (Lipinski definition) is 2. The number of hydrogen-bond donors (Lipinski definition) is 0. The molecule has 3 rings (SSSR count). The van der Waals surface area contributed by atoms with Gasteiger partial charge in [0.05, 0.1) is 7.11 Å². The van der Waals surface area contributed by atoms with Gasteiger partial charge in [-0.3, -0.25) is 0 Å². The zero-order valence-corrected chi connectivity index (χ0v) is 14.7. The summed E-state index contributed by atoms with van der Waals surface area (Å²) in [6.45, 7) is 0.970. The second-order valence-electron chi connectivity index (χ2n) is 5.86. The van der Waals surface area contributed by atoms with Crippen LogP contribution < -0.4 is 9.64 Å². The summed E-state index contributed by atoms with van der Waals surface area (Å²) in [4.78, 5) is 2.38. The zero-order valence-electron chi connectivity index (χ0n) is 14.0. The molecule has 24 heavy (non-hydrogen) atoms. The van der Waals surface area contributed by atoms with E-state index >= 15 is 0 Å². The number of ether oxygens (including phenoxy) is 1. The van der Waals surface area contributed by atoms with Gasteiger partial charge in [-0.2, -0.15) is 0 Å². The minimum atomic E-state index is 0.0960. The Kier molecular flexibility index (Phi) is 5.67. The maximum Gasteiger partial charge on any atom is 0.119 e. The van der Waals surface area contributed by atoms with Crippen LogP contribution in [0.25, 0.3) is 0 Å². The molecule has 0 saturated carbocycles. The minimum absolute atomic E-state index is 0.0960. The summed E-state index contributed by atoms with van der Waals surface area (Å²) in [6.07, 6.45) is 2.83. The Morgan fingerprint density at radius 2 is 1.96 bits per heavy atom. The van der Waals surface area contributed by atoms with Crippen molar-refractivity contribution < 1.29 is 4.74 Å². The Morgan fingerprint density at radius 3 is 2.71 bits per heavy atom. The molecule has 0 radical (unpaired) electrons. The number of rotatable bonds is 4. The number of benzene rings is 2. The van der Waals surface area contributed by atoms with E-state index in [1.807, 2.05) is 12.1 Å². The van der Waals surface area contributed by atoms with E-state index < -0.39 is 0 Å². The lowest BCUT2D eigenvalue weighted by Crippen LogP contribution is -2.34. The molecule has 3 heteroatoms. The van der Waals surface area contributed by atoms with Crippen molar-refractivity contribution in [1.82, 2.24) is 0 Å². The van der Waals surface area contributed by atoms with Gasteiger partial charge in [-0.05, 0) is 48.2 Å². The van der Waals surface area contributed by atoms with Crippen LogP contribution in [0.4, 0.5) is 5.69 Å². The Balaban J connectivity index is 1.92. The van der Waals surface area contributed by atoms with Crippen LogP contribution in [0.15, 0.2) is 48.5 Å². The number of nitrogens with zero attached hydrogens (tertiary/aromatic N) is 1. The third kappa shape index (κ3) is 3.68. The first-order valence-electron chi connectivity index (χ1n) is 8.36. The molecule has 1 aliphatic rings. The molecule has 0 fully saturated rings. The van der Waals surface area contributed by atoms with Crippen molar-refractivity contribution in [3.63, 3.8) is 0 Å². The maximum atomic E-state index is 5.77. The smallest absolute Gasteiger partial charge is 0.119 e. The van der Waals surface area contributed by atoms with Crippen LogP contribution in [0.1, 0.15) is 30.0 Å². The van der Waals surface area contributed by atoms with Crippen molar-refractivity contribution in [1.29, 1.82) is 0 Å². The summed E-state index contributed by atoms with van der Waals surface area (Å²) in [5, 5.41) is 0. The molecule has 0 amide bonds. The van der Waals surface area contributed by atoms with Gasteiger partial charge in [0.25, 0.3) is 0 Å². The highest BCUT2D eigenvalue weighted by Gasteiger charge is 2.25. The van der Waals surface area contributed by atoms with E-state index in [-0.39, 0.29) is 6.04 Å². The molecule has 1 atom stereocenters. The lowest BCUT2D eigenvalue weighted by atomic mass is 9.92. The van der Waals surface area contributed by atoms with Crippen molar-refractivity contribution in [3.8, 4) is 17.6 Å². The van der Waals surface area contributed by atoms with Crippen molar-refractivity contribution in [2.45, 2.75) is 25.3 Å².